The average molecular weight is 298 g/mol. The van der Waals surface area contributed by atoms with E-state index in [9.17, 15) is 0 Å². The van der Waals surface area contributed by atoms with Crippen molar-refractivity contribution in [1.82, 2.24) is 0 Å². The van der Waals surface area contributed by atoms with Gasteiger partial charge < -0.3 is 4.74 Å². The molecule has 50 valence electrons. The van der Waals surface area contributed by atoms with E-state index in [0.717, 1.165) is 5.75 Å². The molecule has 1 nitrogen and oxygen atoms in total. The van der Waals surface area contributed by atoms with Crippen molar-refractivity contribution < 1.29 is 24.5 Å². The summed E-state index contributed by atoms with van der Waals surface area (Å²) in [6.45, 7) is 0. The van der Waals surface area contributed by atoms with Gasteiger partial charge in [0.2, 0.25) is 0 Å². The molecule has 0 aliphatic carbocycles. The van der Waals surface area contributed by atoms with Gasteiger partial charge in [-0.1, -0.05) is 18.2 Å². The summed E-state index contributed by atoms with van der Waals surface area (Å²) in [5.41, 5.74) is 0. The topological polar surface area (TPSA) is 9.23 Å². The number of para-hydroxylation sites is 1. The second kappa shape index (κ2) is 4.53. The number of hydrogen-bond acceptors (Lipinski definition) is 1. The fourth-order valence-corrected chi connectivity index (χ4v) is 0.557. The van der Waals surface area contributed by atoms with Gasteiger partial charge in [0, 0.05) is 19.8 Å². The maximum Gasteiger partial charge on any atom is 0.118 e. The summed E-state index contributed by atoms with van der Waals surface area (Å²) in [6, 6.07) is 9.68. The number of rotatable bonds is 1. The molecule has 0 heterocycles. The van der Waals surface area contributed by atoms with Crippen molar-refractivity contribution in [3.05, 3.63) is 30.3 Å². The van der Waals surface area contributed by atoms with E-state index in [1.807, 2.05) is 30.3 Å². The normalized spacial score (nSPS) is 7.67. The molecule has 1 rings (SSSR count). The van der Waals surface area contributed by atoms with Gasteiger partial charge in [-0.2, -0.15) is 0 Å². The van der Waals surface area contributed by atoms with Gasteiger partial charge in [0.15, 0.2) is 0 Å². The zero-order chi connectivity index (χ0) is 5.82. The van der Waals surface area contributed by atoms with Crippen molar-refractivity contribution in [3.8, 4) is 5.75 Å². The molecule has 0 unspecified atom stereocenters. The van der Waals surface area contributed by atoms with Crippen LogP contribution >= 0.6 is 0 Å². The molecule has 0 bridgehead atoms. The molecule has 1 aromatic carbocycles. The zero-order valence-corrected chi connectivity index (χ0v) is 7.69. The van der Waals surface area contributed by atoms with Crippen LogP contribution in [-0.2, 0) is 19.8 Å². The van der Waals surface area contributed by atoms with E-state index in [1.165, 1.54) is 0 Å². The van der Waals surface area contributed by atoms with Gasteiger partial charge in [-0.05, 0) is 12.1 Å². The smallest absolute Gasteiger partial charge is 0.118 e. The Labute approximate surface area is 68.1 Å². The molecule has 0 N–H and O–H groups in total. The SMILES string of the molecule is COc1ccccc1.[Os]. The molecule has 0 spiro atoms. The summed E-state index contributed by atoms with van der Waals surface area (Å²) >= 11 is 0. The molecule has 9 heavy (non-hydrogen) atoms. The summed E-state index contributed by atoms with van der Waals surface area (Å²) in [4.78, 5) is 0. The predicted octanol–water partition coefficient (Wildman–Crippen LogP) is 1.69. The molecular formula is C7H8OOs. The largest absolute Gasteiger partial charge is 0.497 e. The van der Waals surface area contributed by atoms with Crippen molar-refractivity contribution in [2.24, 2.45) is 0 Å². The Kier molecular flexibility index (Phi) is 4.35. The van der Waals surface area contributed by atoms with E-state index in [4.69, 9.17) is 4.74 Å². The second-order valence-electron chi connectivity index (χ2n) is 1.52. The van der Waals surface area contributed by atoms with Gasteiger partial charge in [-0.3, -0.25) is 0 Å². The standard InChI is InChI=1S/C7H8O.Os/c1-8-7-5-3-2-4-6-7;/h2-6H,1H3;. The molecule has 2 heteroatoms. The molecule has 0 radical (unpaired) electrons. The number of methoxy groups -OCH3 is 1. The quantitative estimate of drug-likeness (QED) is 0.767. The Hall–Kier alpha value is -0.344. The summed E-state index contributed by atoms with van der Waals surface area (Å²) in [5, 5.41) is 0. The van der Waals surface area contributed by atoms with Crippen LogP contribution < -0.4 is 4.74 Å². The Bertz CT molecular complexity index is 150. The van der Waals surface area contributed by atoms with Crippen LogP contribution in [0.25, 0.3) is 0 Å². The van der Waals surface area contributed by atoms with Gasteiger partial charge in [0.05, 0.1) is 7.11 Å². The first kappa shape index (κ1) is 8.66. The van der Waals surface area contributed by atoms with E-state index < -0.39 is 0 Å². The zero-order valence-electron chi connectivity index (χ0n) is 5.15. The first-order valence-corrected chi connectivity index (χ1v) is 2.52. The van der Waals surface area contributed by atoms with Crippen molar-refractivity contribution in [2.75, 3.05) is 7.11 Å². The van der Waals surface area contributed by atoms with Gasteiger partial charge >= 0.3 is 0 Å². The first-order chi connectivity index (χ1) is 3.93. The van der Waals surface area contributed by atoms with Gasteiger partial charge in [0.25, 0.3) is 0 Å². The fourth-order valence-electron chi connectivity index (χ4n) is 0.557. The summed E-state index contributed by atoms with van der Waals surface area (Å²) in [6.07, 6.45) is 0. The van der Waals surface area contributed by atoms with E-state index in [2.05, 4.69) is 0 Å². The molecule has 0 fully saturated rings. The second-order valence-corrected chi connectivity index (χ2v) is 1.52. The van der Waals surface area contributed by atoms with Gasteiger partial charge in [0.1, 0.15) is 5.75 Å². The van der Waals surface area contributed by atoms with Crippen LogP contribution in [-0.4, -0.2) is 7.11 Å². The van der Waals surface area contributed by atoms with Crippen LogP contribution in [0.5, 0.6) is 5.75 Å². The summed E-state index contributed by atoms with van der Waals surface area (Å²) in [5.74, 6) is 0.910. The minimum absolute atomic E-state index is 0. The molecule has 0 aliphatic rings. The molecule has 0 aromatic heterocycles. The minimum Gasteiger partial charge on any atom is -0.497 e. The molecule has 0 saturated carbocycles. The molecule has 0 aliphatic heterocycles. The van der Waals surface area contributed by atoms with Crippen LogP contribution in [0.15, 0.2) is 30.3 Å². The molecule has 0 amide bonds. The van der Waals surface area contributed by atoms with E-state index >= 15 is 0 Å². The third-order valence-corrected chi connectivity index (χ3v) is 0.979. The number of hydrogen-bond donors (Lipinski definition) is 0. The Morgan fingerprint density at radius 1 is 1.11 bits per heavy atom. The van der Waals surface area contributed by atoms with Gasteiger partial charge in [-0.15, -0.1) is 0 Å². The number of benzene rings is 1. The van der Waals surface area contributed by atoms with Crippen LogP contribution in [0.1, 0.15) is 0 Å². The van der Waals surface area contributed by atoms with Crippen LogP contribution in [0, 0.1) is 0 Å². The third-order valence-electron chi connectivity index (χ3n) is 0.979. The van der Waals surface area contributed by atoms with E-state index in [-0.39, 0.29) is 19.8 Å². The fraction of sp³-hybridized carbons (Fsp3) is 0.143. The van der Waals surface area contributed by atoms with Crippen molar-refractivity contribution in [2.45, 2.75) is 0 Å². The minimum atomic E-state index is 0. The first-order valence-electron chi connectivity index (χ1n) is 2.52. The molecule has 0 atom stereocenters. The van der Waals surface area contributed by atoms with Crippen molar-refractivity contribution >= 4 is 0 Å². The Morgan fingerprint density at radius 2 is 1.67 bits per heavy atom. The van der Waals surface area contributed by atoms with Crippen LogP contribution in [0.2, 0.25) is 0 Å². The molecule has 0 saturated heterocycles. The van der Waals surface area contributed by atoms with Crippen LogP contribution in [0.3, 0.4) is 0 Å². The van der Waals surface area contributed by atoms with Crippen LogP contribution in [0.4, 0.5) is 0 Å². The van der Waals surface area contributed by atoms with E-state index in [1.54, 1.807) is 7.11 Å². The Morgan fingerprint density at radius 3 is 2.00 bits per heavy atom. The predicted molar refractivity (Wildman–Crippen MR) is 33.0 cm³/mol. The van der Waals surface area contributed by atoms with Crippen molar-refractivity contribution in [3.63, 3.8) is 0 Å². The Balaban J connectivity index is 0.000000640. The maximum absolute atomic E-state index is 4.91. The summed E-state index contributed by atoms with van der Waals surface area (Å²) in [7, 11) is 1.66. The summed E-state index contributed by atoms with van der Waals surface area (Å²) < 4.78 is 4.91. The monoisotopic (exact) mass is 300 g/mol. The maximum atomic E-state index is 4.91. The van der Waals surface area contributed by atoms with Gasteiger partial charge in [-0.25, -0.2) is 0 Å². The number of ether oxygens (including phenoxy) is 1. The van der Waals surface area contributed by atoms with E-state index in [0.29, 0.717) is 0 Å². The molecule has 1 aromatic rings. The molecular weight excluding hydrogens is 290 g/mol. The van der Waals surface area contributed by atoms with Crippen molar-refractivity contribution in [1.29, 1.82) is 0 Å². The average Bonchev–Trinajstić information content (AvgIpc) is 1.90. The third kappa shape index (κ3) is 2.63.